The molecule has 4 heteroatoms. The van der Waals surface area contributed by atoms with Crippen LogP contribution in [0, 0.1) is 24.7 Å². The molecule has 2 N–H and O–H groups in total. The number of rotatable bonds is 7. The molecule has 0 aromatic rings. The highest BCUT2D eigenvalue weighted by atomic mass is 16.5. The van der Waals surface area contributed by atoms with Gasteiger partial charge in [0.1, 0.15) is 25.4 Å². The van der Waals surface area contributed by atoms with Crippen LogP contribution in [-0.4, -0.2) is 48.8 Å². The summed E-state index contributed by atoms with van der Waals surface area (Å²) in [5.74, 6) is 4.48. The van der Waals surface area contributed by atoms with E-state index >= 15 is 0 Å². The summed E-state index contributed by atoms with van der Waals surface area (Å²) in [6.45, 7) is 0.166. The predicted molar refractivity (Wildman–Crippen MR) is 51.3 cm³/mol. The minimum atomic E-state index is -1.01. The molecule has 0 aromatic carbocycles. The van der Waals surface area contributed by atoms with Crippen molar-refractivity contribution in [3.05, 3.63) is 0 Å². The van der Waals surface area contributed by atoms with Gasteiger partial charge in [-0.15, -0.1) is 12.8 Å². The van der Waals surface area contributed by atoms with Crippen LogP contribution in [0.15, 0.2) is 0 Å². The van der Waals surface area contributed by atoms with Gasteiger partial charge in [0.2, 0.25) is 0 Å². The zero-order valence-electron chi connectivity index (χ0n) is 7.85. The van der Waals surface area contributed by atoms with E-state index in [1.807, 2.05) is 0 Å². The van der Waals surface area contributed by atoms with E-state index in [9.17, 15) is 10.2 Å². The Morgan fingerprint density at radius 3 is 1.57 bits per heavy atom. The summed E-state index contributed by atoms with van der Waals surface area (Å²) in [7, 11) is 0. The second-order valence-electron chi connectivity index (χ2n) is 2.57. The summed E-state index contributed by atoms with van der Waals surface area (Å²) in [4.78, 5) is 0. The largest absolute Gasteiger partial charge is 0.388 e. The van der Waals surface area contributed by atoms with E-state index in [1.54, 1.807) is 0 Å². The lowest BCUT2D eigenvalue weighted by molar-refractivity contribution is -0.0629. The Hall–Kier alpha value is -1.04. The molecule has 78 valence electrons. The molecule has 0 aliphatic heterocycles. The van der Waals surface area contributed by atoms with Crippen molar-refractivity contribution in [2.24, 2.45) is 0 Å². The first-order valence-electron chi connectivity index (χ1n) is 4.11. The summed E-state index contributed by atoms with van der Waals surface area (Å²) in [6.07, 6.45) is 7.82. The van der Waals surface area contributed by atoms with Crippen LogP contribution in [0.4, 0.5) is 0 Å². The SMILES string of the molecule is C#CCOCC(O)C(O)COCC#C. The normalized spacial score (nSPS) is 14.0. The summed E-state index contributed by atoms with van der Waals surface area (Å²) in [5, 5.41) is 18.5. The summed E-state index contributed by atoms with van der Waals surface area (Å²) in [6, 6.07) is 0. The van der Waals surface area contributed by atoms with Crippen LogP contribution in [-0.2, 0) is 9.47 Å². The molecule has 14 heavy (non-hydrogen) atoms. The zero-order valence-corrected chi connectivity index (χ0v) is 7.85. The van der Waals surface area contributed by atoms with Crippen molar-refractivity contribution in [2.75, 3.05) is 26.4 Å². The number of hydrogen-bond acceptors (Lipinski definition) is 4. The summed E-state index contributed by atoms with van der Waals surface area (Å²) >= 11 is 0. The van der Waals surface area contributed by atoms with Gasteiger partial charge < -0.3 is 19.7 Å². The van der Waals surface area contributed by atoms with E-state index in [-0.39, 0.29) is 26.4 Å². The highest BCUT2D eigenvalue weighted by Crippen LogP contribution is 1.95. The molecule has 0 aromatic heterocycles. The van der Waals surface area contributed by atoms with Crippen LogP contribution in [0.1, 0.15) is 0 Å². The number of terminal acetylenes is 2. The maximum atomic E-state index is 9.27. The molecule has 2 atom stereocenters. The van der Waals surface area contributed by atoms with Crippen LogP contribution in [0.3, 0.4) is 0 Å². The fourth-order valence-electron chi connectivity index (χ4n) is 0.699. The van der Waals surface area contributed by atoms with E-state index in [1.165, 1.54) is 0 Å². The van der Waals surface area contributed by atoms with E-state index in [4.69, 9.17) is 22.3 Å². The second kappa shape index (κ2) is 8.55. The first-order valence-corrected chi connectivity index (χ1v) is 4.11. The van der Waals surface area contributed by atoms with Gasteiger partial charge in [0, 0.05) is 0 Å². The van der Waals surface area contributed by atoms with Gasteiger partial charge in [-0.2, -0.15) is 0 Å². The average molecular weight is 198 g/mol. The van der Waals surface area contributed by atoms with Gasteiger partial charge in [0.25, 0.3) is 0 Å². The molecule has 0 rings (SSSR count). The molecule has 0 aliphatic carbocycles. The summed E-state index contributed by atoms with van der Waals surface area (Å²) < 4.78 is 9.66. The molecule has 0 saturated heterocycles. The van der Waals surface area contributed by atoms with Crippen LogP contribution >= 0.6 is 0 Å². The molecular formula is C10H14O4. The van der Waals surface area contributed by atoms with E-state index in [2.05, 4.69) is 11.8 Å². The smallest absolute Gasteiger partial charge is 0.107 e. The van der Waals surface area contributed by atoms with Crippen molar-refractivity contribution in [1.82, 2.24) is 0 Å². The van der Waals surface area contributed by atoms with E-state index < -0.39 is 12.2 Å². The number of aliphatic hydroxyl groups excluding tert-OH is 2. The quantitative estimate of drug-likeness (QED) is 0.407. The van der Waals surface area contributed by atoms with Gasteiger partial charge in [-0.3, -0.25) is 0 Å². The molecule has 0 spiro atoms. The lowest BCUT2D eigenvalue weighted by atomic mass is 10.2. The third kappa shape index (κ3) is 6.47. The topological polar surface area (TPSA) is 58.9 Å². The minimum absolute atomic E-state index is 0.0230. The predicted octanol–water partition coefficient (Wildman–Crippen LogP) is -0.992. The first-order chi connectivity index (χ1) is 6.72. The highest BCUT2D eigenvalue weighted by molar-refractivity contribution is 4.84. The molecule has 0 radical (unpaired) electrons. The molecule has 2 unspecified atom stereocenters. The average Bonchev–Trinajstić information content (AvgIpc) is 2.18. The fraction of sp³-hybridized carbons (Fsp3) is 0.600. The first kappa shape index (κ1) is 13.0. The van der Waals surface area contributed by atoms with Gasteiger partial charge in [-0.05, 0) is 0 Å². The Morgan fingerprint density at radius 1 is 0.929 bits per heavy atom. The van der Waals surface area contributed by atoms with Gasteiger partial charge >= 0.3 is 0 Å². The highest BCUT2D eigenvalue weighted by Gasteiger charge is 2.15. The molecular weight excluding hydrogens is 184 g/mol. The van der Waals surface area contributed by atoms with Crippen LogP contribution in [0.2, 0.25) is 0 Å². The van der Waals surface area contributed by atoms with Crippen molar-refractivity contribution in [3.63, 3.8) is 0 Å². The third-order valence-electron chi connectivity index (χ3n) is 1.39. The Morgan fingerprint density at radius 2 is 1.29 bits per heavy atom. The van der Waals surface area contributed by atoms with E-state index in [0.29, 0.717) is 0 Å². The van der Waals surface area contributed by atoms with Crippen LogP contribution in [0.5, 0.6) is 0 Å². The lowest BCUT2D eigenvalue weighted by Crippen LogP contribution is -2.34. The zero-order chi connectivity index (χ0) is 10.8. The monoisotopic (exact) mass is 198 g/mol. The summed E-state index contributed by atoms with van der Waals surface area (Å²) in [5.41, 5.74) is 0. The molecule has 0 fully saturated rings. The molecule has 4 nitrogen and oxygen atoms in total. The maximum absolute atomic E-state index is 9.27. The molecule has 0 aliphatic rings. The molecule has 0 saturated carbocycles. The standard InChI is InChI=1S/C10H14O4/c1-3-5-13-7-9(11)10(12)8-14-6-4-2/h1-2,9-12H,5-8H2. The van der Waals surface area contributed by atoms with Gasteiger partial charge in [0.15, 0.2) is 0 Å². The Labute approximate surface area is 83.8 Å². The second-order valence-corrected chi connectivity index (χ2v) is 2.57. The number of aliphatic hydroxyl groups is 2. The van der Waals surface area contributed by atoms with Crippen LogP contribution < -0.4 is 0 Å². The number of ether oxygens (including phenoxy) is 2. The lowest BCUT2D eigenvalue weighted by Gasteiger charge is -2.16. The molecule has 0 amide bonds. The Bertz CT molecular complexity index is 189. The Kier molecular flexibility index (Phi) is 7.92. The van der Waals surface area contributed by atoms with Crippen molar-refractivity contribution in [1.29, 1.82) is 0 Å². The Balaban J connectivity index is 3.51. The fourth-order valence-corrected chi connectivity index (χ4v) is 0.699. The minimum Gasteiger partial charge on any atom is -0.388 e. The van der Waals surface area contributed by atoms with Gasteiger partial charge in [-0.25, -0.2) is 0 Å². The molecule has 0 bridgehead atoms. The van der Waals surface area contributed by atoms with E-state index in [0.717, 1.165) is 0 Å². The van der Waals surface area contributed by atoms with Crippen molar-refractivity contribution >= 4 is 0 Å². The maximum Gasteiger partial charge on any atom is 0.107 e. The van der Waals surface area contributed by atoms with Gasteiger partial charge in [-0.1, -0.05) is 11.8 Å². The third-order valence-corrected chi connectivity index (χ3v) is 1.39. The van der Waals surface area contributed by atoms with Crippen LogP contribution in [0.25, 0.3) is 0 Å². The van der Waals surface area contributed by atoms with Crippen molar-refractivity contribution < 1.29 is 19.7 Å². The van der Waals surface area contributed by atoms with Gasteiger partial charge in [0.05, 0.1) is 13.2 Å². The molecule has 0 heterocycles. The number of hydrogen-bond donors (Lipinski definition) is 2. The van der Waals surface area contributed by atoms with Crippen molar-refractivity contribution in [3.8, 4) is 24.7 Å². The van der Waals surface area contributed by atoms with Crippen molar-refractivity contribution in [2.45, 2.75) is 12.2 Å².